The van der Waals surface area contributed by atoms with Crippen LogP contribution in [0.3, 0.4) is 0 Å². The predicted octanol–water partition coefficient (Wildman–Crippen LogP) is -2.34. The third-order valence-electron chi connectivity index (χ3n) is 2.31. The SMILES string of the molecule is CC[C@H](NC(=O)CNC(=O)CNC(=O)CN)C(C)=O. The molecule has 0 rings (SSSR count). The number of hydrogen-bond donors (Lipinski definition) is 4. The van der Waals surface area contributed by atoms with E-state index < -0.39 is 23.8 Å². The molecule has 0 aromatic heterocycles. The number of ketones is 1. The molecule has 5 N–H and O–H groups in total. The van der Waals surface area contributed by atoms with Gasteiger partial charge in [-0.05, 0) is 13.3 Å². The third-order valence-corrected chi connectivity index (χ3v) is 2.31. The molecule has 0 unspecified atom stereocenters. The average Bonchev–Trinajstić information content (AvgIpc) is 2.39. The van der Waals surface area contributed by atoms with E-state index >= 15 is 0 Å². The van der Waals surface area contributed by atoms with Gasteiger partial charge in [-0.3, -0.25) is 19.2 Å². The molecular weight excluding hydrogens is 252 g/mol. The van der Waals surface area contributed by atoms with Crippen molar-refractivity contribution >= 4 is 23.5 Å². The van der Waals surface area contributed by atoms with Crippen molar-refractivity contribution in [2.75, 3.05) is 19.6 Å². The lowest BCUT2D eigenvalue weighted by molar-refractivity contribution is -0.129. The average molecular weight is 272 g/mol. The summed E-state index contributed by atoms with van der Waals surface area (Å²) in [5, 5.41) is 7.06. The van der Waals surface area contributed by atoms with E-state index in [4.69, 9.17) is 5.73 Å². The van der Waals surface area contributed by atoms with E-state index in [1.54, 1.807) is 6.92 Å². The van der Waals surface area contributed by atoms with Crippen molar-refractivity contribution in [1.82, 2.24) is 16.0 Å². The fourth-order valence-electron chi connectivity index (χ4n) is 1.23. The number of nitrogens with one attached hydrogen (secondary N) is 3. The topological polar surface area (TPSA) is 130 Å². The van der Waals surface area contributed by atoms with Crippen LogP contribution in [0.15, 0.2) is 0 Å². The van der Waals surface area contributed by atoms with Gasteiger partial charge in [0.05, 0.1) is 25.7 Å². The number of nitrogens with two attached hydrogens (primary N) is 1. The van der Waals surface area contributed by atoms with Crippen LogP contribution in [0.2, 0.25) is 0 Å². The number of carbonyl (C=O) groups is 4. The molecule has 0 bridgehead atoms. The Hall–Kier alpha value is -1.96. The maximum Gasteiger partial charge on any atom is 0.239 e. The maximum absolute atomic E-state index is 11.4. The van der Waals surface area contributed by atoms with Gasteiger partial charge in [0.25, 0.3) is 0 Å². The van der Waals surface area contributed by atoms with Gasteiger partial charge in [-0.2, -0.15) is 0 Å². The molecule has 1 atom stereocenters. The lowest BCUT2D eigenvalue weighted by Crippen LogP contribution is -2.46. The van der Waals surface area contributed by atoms with E-state index in [-0.39, 0.29) is 25.4 Å². The molecule has 0 heterocycles. The Morgan fingerprint density at radius 3 is 2.00 bits per heavy atom. The van der Waals surface area contributed by atoms with Crippen molar-refractivity contribution in [1.29, 1.82) is 0 Å². The van der Waals surface area contributed by atoms with Gasteiger partial charge in [0.15, 0.2) is 5.78 Å². The summed E-state index contributed by atoms with van der Waals surface area (Å²) in [6.07, 6.45) is 0.488. The molecule has 0 aliphatic carbocycles. The van der Waals surface area contributed by atoms with E-state index in [0.29, 0.717) is 6.42 Å². The highest BCUT2D eigenvalue weighted by Crippen LogP contribution is 1.91. The van der Waals surface area contributed by atoms with E-state index in [0.717, 1.165) is 0 Å². The Bertz CT molecular complexity index is 357. The second-order valence-electron chi connectivity index (χ2n) is 3.90. The van der Waals surface area contributed by atoms with Gasteiger partial charge in [0.1, 0.15) is 0 Å². The summed E-state index contributed by atoms with van der Waals surface area (Å²) in [7, 11) is 0. The number of rotatable bonds is 8. The van der Waals surface area contributed by atoms with Crippen molar-refractivity contribution in [3.63, 3.8) is 0 Å². The van der Waals surface area contributed by atoms with Crippen molar-refractivity contribution in [3.8, 4) is 0 Å². The minimum atomic E-state index is -0.540. The highest BCUT2D eigenvalue weighted by Gasteiger charge is 2.15. The summed E-state index contributed by atoms with van der Waals surface area (Å²) in [4.78, 5) is 44.6. The highest BCUT2D eigenvalue weighted by atomic mass is 16.2. The van der Waals surface area contributed by atoms with E-state index in [2.05, 4.69) is 16.0 Å². The minimum absolute atomic E-state index is 0.141. The van der Waals surface area contributed by atoms with Gasteiger partial charge in [-0.15, -0.1) is 0 Å². The van der Waals surface area contributed by atoms with Crippen LogP contribution in [-0.2, 0) is 19.2 Å². The van der Waals surface area contributed by atoms with Gasteiger partial charge in [-0.25, -0.2) is 0 Å². The van der Waals surface area contributed by atoms with Crippen LogP contribution < -0.4 is 21.7 Å². The Kier molecular flexibility index (Phi) is 8.10. The predicted molar refractivity (Wildman–Crippen MR) is 68.0 cm³/mol. The molecule has 108 valence electrons. The molecule has 8 heteroatoms. The third kappa shape index (κ3) is 7.87. The second-order valence-corrected chi connectivity index (χ2v) is 3.90. The maximum atomic E-state index is 11.4. The van der Waals surface area contributed by atoms with Gasteiger partial charge in [0.2, 0.25) is 17.7 Å². The smallest absolute Gasteiger partial charge is 0.239 e. The molecule has 0 saturated carbocycles. The minimum Gasteiger partial charge on any atom is -0.346 e. The zero-order valence-corrected chi connectivity index (χ0v) is 11.1. The van der Waals surface area contributed by atoms with Crippen molar-refractivity contribution < 1.29 is 19.2 Å². The monoisotopic (exact) mass is 272 g/mol. The number of carbonyl (C=O) groups excluding carboxylic acids is 4. The quantitative estimate of drug-likeness (QED) is 0.393. The fourth-order valence-corrected chi connectivity index (χ4v) is 1.23. The first-order valence-corrected chi connectivity index (χ1v) is 5.94. The number of hydrogen-bond acceptors (Lipinski definition) is 5. The fraction of sp³-hybridized carbons (Fsp3) is 0.636. The Morgan fingerprint density at radius 2 is 1.53 bits per heavy atom. The van der Waals surface area contributed by atoms with Crippen LogP contribution in [0, 0.1) is 0 Å². The van der Waals surface area contributed by atoms with Crippen molar-refractivity contribution in [2.45, 2.75) is 26.3 Å². The van der Waals surface area contributed by atoms with E-state index in [9.17, 15) is 19.2 Å². The standard InChI is InChI=1S/C11H20N4O4/c1-3-8(7(2)16)15-11(19)6-14-10(18)5-13-9(17)4-12/h8H,3-6,12H2,1-2H3,(H,13,17)(H,14,18)(H,15,19)/t8-/m0/s1. The first kappa shape index (κ1) is 17.0. The van der Waals surface area contributed by atoms with Crippen LogP contribution in [0.4, 0.5) is 0 Å². The van der Waals surface area contributed by atoms with E-state index in [1.807, 2.05) is 0 Å². The second kappa shape index (κ2) is 9.03. The molecule has 0 spiro atoms. The molecule has 0 aromatic carbocycles. The van der Waals surface area contributed by atoms with Gasteiger partial charge >= 0.3 is 0 Å². The van der Waals surface area contributed by atoms with Crippen molar-refractivity contribution in [2.24, 2.45) is 5.73 Å². The molecule has 0 aliphatic heterocycles. The van der Waals surface area contributed by atoms with Crippen LogP contribution in [0.5, 0.6) is 0 Å². The summed E-state index contributed by atoms with van der Waals surface area (Å²) in [5.41, 5.74) is 5.04. The zero-order valence-electron chi connectivity index (χ0n) is 11.1. The summed E-state index contributed by atoms with van der Waals surface area (Å²) in [6.45, 7) is 2.46. The first-order chi connectivity index (χ1) is 8.90. The Balaban J connectivity index is 3.92. The first-order valence-electron chi connectivity index (χ1n) is 5.94. The van der Waals surface area contributed by atoms with Crippen LogP contribution in [0.25, 0.3) is 0 Å². The van der Waals surface area contributed by atoms with Crippen LogP contribution in [-0.4, -0.2) is 49.2 Å². The Labute approximate surface area is 111 Å². The normalized spacial score (nSPS) is 11.3. The summed E-state index contributed by atoms with van der Waals surface area (Å²) in [5.74, 6) is -1.56. The van der Waals surface area contributed by atoms with Crippen LogP contribution in [0.1, 0.15) is 20.3 Å². The molecule has 0 fully saturated rings. The number of Topliss-reactive ketones (excluding diaryl/α,β-unsaturated/α-hetero) is 1. The molecule has 0 saturated heterocycles. The molecule has 0 aromatic rings. The molecule has 0 radical (unpaired) electrons. The Morgan fingerprint density at radius 1 is 1.00 bits per heavy atom. The van der Waals surface area contributed by atoms with Gasteiger partial charge in [0, 0.05) is 0 Å². The van der Waals surface area contributed by atoms with E-state index in [1.165, 1.54) is 6.92 Å². The molecule has 8 nitrogen and oxygen atoms in total. The highest BCUT2D eigenvalue weighted by molar-refractivity contribution is 5.91. The number of amides is 3. The van der Waals surface area contributed by atoms with Crippen LogP contribution >= 0.6 is 0 Å². The van der Waals surface area contributed by atoms with Gasteiger partial charge < -0.3 is 21.7 Å². The summed E-state index contributed by atoms with van der Waals surface area (Å²) >= 11 is 0. The molecule has 3 amide bonds. The largest absolute Gasteiger partial charge is 0.346 e. The molecule has 0 aliphatic rings. The summed E-state index contributed by atoms with van der Waals surface area (Å²) < 4.78 is 0. The zero-order chi connectivity index (χ0) is 14.8. The lowest BCUT2D eigenvalue weighted by atomic mass is 10.1. The summed E-state index contributed by atoms with van der Waals surface area (Å²) in [6, 6.07) is -0.540. The molecule has 19 heavy (non-hydrogen) atoms. The van der Waals surface area contributed by atoms with Gasteiger partial charge in [-0.1, -0.05) is 6.92 Å². The molecular formula is C11H20N4O4. The lowest BCUT2D eigenvalue weighted by Gasteiger charge is -2.14. The van der Waals surface area contributed by atoms with Crippen molar-refractivity contribution in [3.05, 3.63) is 0 Å².